The van der Waals surface area contributed by atoms with Crippen molar-refractivity contribution in [3.05, 3.63) is 75.2 Å². The predicted molar refractivity (Wildman–Crippen MR) is 132 cm³/mol. The number of ether oxygens (including phenoxy) is 2. The molecule has 4 aromatic rings. The van der Waals surface area contributed by atoms with Gasteiger partial charge < -0.3 is 9.47 Å². The average Bonchev–Trinajstić information content (AvgIpc) is 3.26. The second-order valence-corrected chi connectivity index (χ2v) is 8.79. The number of aromatic nitrogens is 2. The van der Waals surface area contributed by atoms with Crippen molar-refractivity contribution in [3.8, 4) is 21.9 Å². The third-order valence-corrected chi connectivity index (χ3v) is 6.43. The van der Waals surface area contributed by atoms with Gasteiger partial charge in [-0.25, -0.2) is 10.4 Å². The van der Waals surface area contributed by atoms with E-state index in [1.54, 1.807) is 19.2 Å². The summed E-state index contributed by atoms with van der Waals surface area (Å²) in [6, 6.07) is 15.1. The van der Waals surface area contributed by atoms with E-state index < -0.39 is 5.91 Å². The molecule has 168 valence electrons. The summed E-state index contributed by atoms with van der Waals surface area (Å²) in [6.07, 6.45) is 2.85. The number of benzene rings is 2. The molecular weight excluding hydrogens is 508 g/mol. The molecule has 0 radical (unpaired) electrons. The van der Waals surface area contributed by atoms with Gasteiger partial charge in [0.05, 0.1) is 36.6 Å². The number of nitrogens with one attached hydrogen (secondary N) is 1. The molecule has 0 spiro atoms. The standard InChI is InChI=1S/C23H19BrN4O4S/c1-31-18-9-14(8-17(24)21(18)32-2)11-26-27-20(29)12-28-13-25-22-16(23(28)30)10-19(33-22)15-6-4-3-5-7-15/h3-11,13H,12H2,1-2H3,(H,27,29)/b26-11+. The van der Waals surface area contributed by atoms with Gasteiger partial charge in [-0.3, -0.25) is 14.2 Å². The average molecular weight is 527 g/mol. The van der Waals surface area contributed by atoms with Crippen molar-refractivity contribution in [2.24, 2.45) is 5.10 Å². The van der Waals surface area contributed by atoms with E-state index >= 15 is 0 Å². The van der Waals surface area contributed by atoms with Crippen molar-refractivity contribution in [1.29, 1.82) is 0 Å². The summed E-state index contributed by atoms with van der Waals surface area (Å²) in [7, 11) is 3.08. The van der Waals surface area contributed by atoms with Crippen LogP contribution in [0.1, 0.15) is 5.56 Å². The van der Waals surface area contributed by atoms with Gasteiger partial charge in [0.1, 0.15) is 11.4 Å². The molecule has 1 N–H and O–H groups in total. The number of hydrogen-bond acceptors (Lipinski definition) is 7. The number of hydrazone groups is 1. The molecular formula is C23H19BrN4O4S. The molecule has 0 fully saturated rings. The van der Waals surface area contributed by atoms with Gasteiger partial charge in [0, 0.05) is 4.88 Å². The molecule has 10 heteroatoms. The van der Waals surface area contributed by atoms with E-state index in [1.807, 2.05) is 36.4 Å². The van der Waals surface area contributed by atoms with Crippen molar-refractivity contribution in [2.75, 3.05) is 14.2 Å². The monoisotopic (exact) mass is 526 g/mol. The topological polar surface area (TPSA) is 94.8 Å². The van der Waals surface area contributed by atoms with Crippen LogP contribution in [0.5, 0.6) is 11.5 Å². The van der Waals surface area contributed by atoms with Crippen molar-refractivity contribution < 1.29 is 14.3 Å². The molecule has 0 aliphatic heterocycles. The minimum Gasteiger partial charge on any atom is -0.493 e. The third-order valence-electron chi connectivity index (χ3n) is 4.75. The van der Waals surface area contributed by atoms with E-state index in [4.69, 9.17) is 9.47 Å². The number of fused-ring (bicyclic) bond motifs is 1. The number of rotatable bonds is 7. The molecule has 2 heterocycles. The highest BCUT2D eigenvalue weighted by molar-refractivity contribution is 9.10. The second-order valence-electron chi connectivity index (χ2n) is 6.90. The van der Waals surface area contributed by atoms with E-state index in [0.717, 1.165) is 10.4 Å². The summed E-state index contributed by atoms with van der Waals surface area (Å²) in [6.45, 7) is -0.203. The van der Waals surface area contributed by atoms with Gasteiger partial charge in [-0.1, -0.05) is 30.3 Å². The van der Waals surface area contributed by atoms with Crippen LogP contribution in [0.2, 0.25) is 0 Å². The zero-order valence-corrected chi connectivity index (χ0v) is 20.1. The number of nitrogens with zero attached hydrogens (tertiary/aromatic N) is 3. The van der Waals surface area contributed by atoms with Crippen LogP contribution in [-0.4, -0.2) is 35.9 Å². The van der Waals surface area contributed by atoms with Crippen LogP contribution >= 0.6 is 27.3 Å². The summed E-state index contributed by atoms with van der Waals surface area (Å²) in [5.41, 5.74) is 3.85. The zero-order chi connectivity index (χ0) is 23.4. The number of hydrogen-bond donors (Lipinski definition) is 1. The molecule has 0 unspecified atom stereocenters. The normalized spacial score (nSPS) is 11.1. The molecule has 0 saturated carbocycles. The van der Waals surface area contributed by atoms with Crippen LogP contribution in [-0.2, 0) is 11.3 Å². The Labute approximate surface area is 201 Å². The summed E-state index contributed by atoms with van der Waals surface area (Å²) >= 11 is 4.85. The van der Waals surface area contributed by atoms with Crippen LogP contribution in [0.25, 0.3) is 20.7 Å². The molecule has 33 heavy (non-hydrogen) atoms. The van der Waals surface area contributed by atoms with Crippen LogP contribution in [0, 0.1) is 0 Å². The summed E-state index contributed by atoms with van der Waals surface area (Å²) in [5.74, 6) is 0.633. The van der Waals surface area contributed by atoms with Gasteiger partial charge in [-0.05, 0) is 45.3 Å². The molecule has 0 atom stereocenters. The molecule has 2 aromatic carbocycles. The molecule has 8 nitrogen and oxygen atoms in total. The molecule has 4 rings (SSSR count). The first-order chi connectivity index (χ1) is 16.0. The first-order valence-corrected chi connectivity index (χ1v) is 11.4. The van der Waals surface area contributed by atoms with E-state index in [9.17, 15) is 9.59 Å². The molecule has 0 saturated heterocycles. The summed E-state index contributed by atoms with van der Waals surface area (Å²) < 4.78 is 12.5. The maximum absolute atomic E-state index is 12.9. The Balaban J connectivity index is 1.47. The lowest BCUT2D eigenvalue weighted by molar-refractivity contribution is -0.121. The highest BCUT2D eigenvalue weighted by atomic mass is 79.9. The number of carbonyl (C=O) groups excluding carboxylic acids is 1. The van der Waals surface area contributed by atoms with Gasteiger partial charge in [0.25, 0.3) is 11.5 Å². The SMILES string of the molecule is COc1cc(/C=N/NC(=O)Cn2cnc3sc(-c4ccccc4)cc3c2=O)cc(Br)c1OC. The lowest BCUT2D eigenvalue weighted by atomic mass is 10.2. The maximum Gasteiger partial charge on any atom is 0.262 e. The zero-order valence-electron chi connectivity index (χ0n) is 17.7. The highest BCUT2D eigenvalue weighted by Crippen LogP contribution is 2.35. The highest BCUT2D eigenvalue weighted by Gasteiger charge is 2.13. The van der Waals surface area contributed by atoms with Gasteiger partial charge >= 0.3 is 0 Å². The lowest BCUT2D eigenvalue weighted by Crippen LogP contribution is -2.29. The number of thiophene rings is 1. The Hall–Kier alpha value is -3.50. The molecule has 0 aliphatic rings. The fraction of sp³-hybridized carbons (Fsp3) is 0.130. The number of carbonyl (C=O) groups is 1. The molecule has 2 aromatic heterocycles. The number of amides is 1. The van der Waals surface area contributed by atoms with Gasteiger partial charge in [-0.2, -0.15) is 5.10 Å². The molecule has 0 aliphatic carbocycles. The van der Waals surface area contributed by atoms with Crippen molar-refractivity contribution in [2.45, 2.75) is 6.54 Å². The number of methoxy groups -OCH3 is 2. The Morgan fingerprint density at radius 2 is 2.00 bits per heavy atom. The Kier molecular flexibility index (Phi) is 6.85. The largest absolute Gasteiger partial charge is 0.493 e. The van der Waals surface area contributed by atoms with E-state index in [2.05, 4.69) is 31.4 Å². The minimum absolute atomic E-state index is 0.203. The van der Waals surface area contributed by atoms with Crippen LogP contribution in [0.15, 0.2) is 69.2 Å². The Morgan fingerprint density at radius 3 is 2.73 bits per heavy atom. The summed E-state index contributed by atoms with van der Waals surface area (Å²) in [5, 5.41) is 4.45. The van der Waals surface area contributed by atoms with Crippen LogP contribution in [0.4, 0.5) is 0 Å². The van der Waals surface area contributed by atoms with E-state index in [-0.39, 0.29) is 12.1 Å². The van der Waals surface area contributed by atoms with E-state index in [1.165, 1.54) is 35.6 Å². The molecule has 1 amide bonds. The second kappa shape index (κ2) is 9.97. The third kappa shape index (κ3) is 4.96. The van der Waals surface area contributed by atoms with Crippen LogP contribution < -0.4 is 20.5 Å². The first-order valence-electron chi connectivity index (χ1n) is 9.78. The first kappa shape index (κ1) is 22.7. The predicted octanol–water partition coefficient (Wildman–Crippen LogP) is 4.06. The maximum atomic E-state index is 12.9. The minimum atomic E-state index is -0.451. The quantitative estimate of drug-likeness (QED) is 0.289. The molecule has 0 bridgehead atoms. The number of halogens is 1. The fourth-order valence-corrected chi connectivity index (χ4v) is 4.82. The van der Waals surface area contributed by atoms with Crippen LogP contribution in [0.3, 0.4) is 0 Å². The van der Waals surface area contributed by atoms with Gasteiger partial charge in [0.15, 0.2) is 11.5 Å². The van der Waals surface area contributed by atoms with Crippen molar-refractivity contribution >= 4 is 49.6 Å². The van der Waals surface area contributed by atoms with Gasteiger partial charge in [-0.15, -0.1) is 11.3 Å². The fourth-order valence-electron chi connectivity index (χ4n) is 3.20. The van der Waals surface area contributed by atoms with Gasteiger partial charge in [0.2, 0.25) is 0 Å². The van der Waals surface area contributed by atoms with Crippen molar-refractivity contribution in [3.63, 3.8) is 0 Å². The smallest absolute Gasteiger partial charge is 0.262 e. The Morgan fingerprint density at radius 1 is 1.21 bits per heavy atom. The van der Waals surface area contributed by atoms with E-state index in [0.29, 0.717) is 31.8 Å². The lowest BCUT2D eigenvalue weighted by Gasteiger charge is -2.10. The van der Waals surface area contributed by atoms with Crippen molar-refractivity contribution in [1.82, 2.24) is 15.0 Å². The summed E-state index contributed by atoms with van der Waals surface area (Å²) in [4.78, 5) is 31.1. The Bertz CT molecular complexity index is 1400.